The number of hydrogen-bond donors (Lipinski definition) is 2. The molecule has 1 aromatic heterocycles. The molecule has 2 N–H and O–H groups in total. The Morgan fingerprint density at radius 1 is 1.23 bits per heavy atom. The van der Waals surface area contributed by atoms with Gasteiger partial charge in [-0.3, -0.25) is 4.68 Å². The summed E-state index contributed by atoms with van der Waals surface area (Å²) in [7, 11) is 0. The van der Waals surface area contributed by atoms with E-state index in [-0.39, 0.29) is 6.03 Å². The lowest BCUT2D eigenvalue weighted by molar-refractivity contribution is 0.0601. The highest BCUT2D eigenvalue weighted by Crippen LogP contribution is 2.19. The zero-order valence-electron chi connectivity index (χ0n) is 13.1. The van der Waals surface area contributed by atoms with E-state index in [9.17, 15) is 4.79 Å². The van der Waals surface area contributed by atoms with E-state index < -0.39 is 0 Å². The summed E-state index contributed by atoms with van der Waals surface area (Å²) in [5.41, 5.74) is 0.764. The number of nitrogens with zero attached hydrogens (tertiary/aromatic N) is 2. The lowest BCUT2D eigenvalue weighted by atomic mass is 9.96. The van der Waals surface area contributed by atoms with E-state index in [0.29, 0.717) is 12.0 Å². The van der Waals surface area contributed by atoms with Crippen LogP contribution in [0.15, 0.2) is 12.4 Å². The SMILES string of the molecule is O=C(Nc1cnn(CC2CCOCC2)c1)NC1CCCCC1. The Kier molecular flexibility index (Phi) is 5.32. The zero-order chi connectivity index (χ0) is 15.2. The second-order valence-corrected chi connectivity index (χ2v) is 6.44. The van der Waals surface area contributed by atoms with Gasteiger partial charge in [0.1, 0.15) is 0 Å². The number of ether oxygens (including phenoxy) is 1. The van der Waals surface area contributed by atoms with Crippen LogP contribution in [0.3, 0.4) is 0 Å². The van der Waals surface area contributed by atoms with Crippen molar-refractivity contribution >= 4 is 11.7 Å². The van der Waals surface area contributed by atoms with Crippen molar-refractivity contribution in [2.45, 2.75) is 57.5 Å². The Balaban J connectivity index is 1.45. The van der Waals surface area contributed by atoms with E-state index in [1.54, 1.807) is 6.20 Å². The van der Waals surface area contributed by atoms with Gasteiger partial charge in [0.25, 0.3) is 0 Å². The first-order valence-corrected chi connectivity index (χ1v) is 8.47. The standard InChI is InChI=1S/C16H26N4O2/c21-16(18-14-4-2-1-3-5-14)19-15-10-17-20(12-15)11-13-6-8-22-9-7-13/h10,12-14H,1-9,11H2,(H2,18,19,21). The van der Waals surface area contributed by atoms with E-state index in [1.165, 1.54) is 19.3 Å². The molecule has 0 spiro atoms. The highest BCUT2D eigenvalue weighted by molar-refractivity contribution is 5.89. The Hall–Kier alpha value is -1.56. The molecule has 0 unspecified atom stereocenters. The molecule has 2 heterocycles. The first-order valence-electron chi connectivity index (χ1n) is 8.47. The van der Waals surface area contributed by atoms with Gasteiger partial charge >= 0.3 is 6.03 Å². The van der Waals surface area contributed by atoms with Crippen molar-refractivity contribution in [1.29, 1.82) is 0 Å². The fourth-order valence-electron chi connectivity index (χ4n) is 3.32. The van der Waals surface area contributed by atoms with E-state index in [4.69, 9.17) is 4.74 Å². The van der Waals surface area contributed by atoms with Gasteiger partial charge in [-0.05, 0) is 31.6 Å². The number of nitrogens with one attached hydrogen (secondary N) is 2. The normalized spacial score (nSPS) is 20.7. The first kappa shape index (κ1) is 15.3. The quantitative estimate of drug-likeness (QED) is 0.898. The molecule has 1 aliphatic carbocycles. The van der Waals surface area contributed by atoms with Crippen LogP contribution in [0.5, 0.6) is 0 Å². The van der Waals surface area contributed by atoms with E-state index in [2.05, 4.69) is 15.7 Å². The number of hydrogen-bond acceptors (Lipinski definition) is 3. The highest BCUT2D eigenvalue weighted by atomic mass is 16.5. The van der Waals surface area contributed by atoms with E-state index in [1.807, 2.05) is 10.9 Å². The highest BCUT2D eigenvalue weighted by Gasteiger charge is 2.17. The number of amides is 2. The van der Waals surface area contributed by atoms with Gasteiger partial charge in [-0.15, -0.1) is 0 Å². The number of carbonyl (C=O) groups excluding carboxylic acids is 1. The fraction of sp³-hybridized carbons (Fsp3) is 0.750. The van der Waals surface area contributed by atoms with Crippen LogP contribution in [0.2, 0.25) is 0 Å². The van der Waals surface area contributed by atoms with Crippen molar-refractivity contribution < 1.29 is 9.53 Å². The number of rotatable bonds is 4. The average Bonchev–Trinajstić information content (AvgIpc) is 2.96. The summed E-state index contributed by atoms with van der Waals surface area (Å²) < 4.78 is 7.30. The summed E-state index contributed by atoms with van der Waals surface area (Å²) in [6, 6.07) is 0.212. The van der Waals surface area contributed by atoms with Gasteiger partial charge in [0.15, 0.2) is 0 Å². The van der Waals surface area contributed by atoms with E-state index in [0.717, 1.165) is 51.1 Å². The Morgan fingerprint density at radius 2 is 2.00 bits per heavy atom. The van der Waals surface area contributed by atoms with Crippen LogP contribution in [-0.2, 0) is 11.3 Å². The van der Waals surface area contributed by atoms with Crippen LogP contribution >= 0.6 is 0 Å². The van der Waals surface area contributed by atoms with Crippen LogP contribution in [0, 0.1) is 5.92 Å². The third-order valence-electron chi connectivity index (χ3n) is 4.62. The predicted molar refractivity (Wildman–Crippen MR) is 84.8 cm³/mol. The smallest absolute Gasteiger partial charge is 0.319 e. The van der Waals surface area contributed by atoms with Crippen molar-refractivity contribution in [3.8, 4) is 0 Å². The van der Waals surface area contributed by atoms with Crippen molar-refractivity contribution in [3.63, 3.8) is 0 Å². The number of urea groups is 1. The average molecular weight is 306 g/mol. The molecule has 22 heavy (non-hydrogen) atoms. The Bertz CT molecular complexity index is 476. The molecule has 3 rings (SSSR count). The van der Waals surface area contributed by atoms with Gasteiger partial charge in [0, 0.05) is 32.0 Å². The largest absolute Gasteiger partial charge is 0.381 e. The third-order valence-corrected chi connectivity index (χ3v) is 4.62. The fourth-order valence-corrected chi connectivity index (χ4v) is 3.32. The van der Waals surface area contributed by atoms with Crippen LogP contribution in [0.25, 0.3) is 0 Å². The Labute approximate surface area is 131 Å². The van der Waals surface area contributed by atoms with Crippen LogP contribution in [-0.4, -0.2) is 35.1 Å². The number of anilines is 1. The zero-order valence-corrected chi connectivity index (χ0v) is 13.1. The van der Waals surface area contributed by atoms with Crippen molar-refractivity contribution in [2.24, 2.45) is 5.92 Å². The molecule has 0 aromatic carbocycles. The summed E-state index contributed by atoms with van der Waals surface area (Å²) in [5.74, 6) is 0.623. The lowest BCUT2D eigenvalue weighted by Gasteiger charge is -2.22. The van der Waals surface area contributed by atoms with Gasteiger partial charge < -0.3 is 15.4 Å². The molecule has 1 saturated carbocycles. The second-order valence-electron chi connectivity index (χ2n) is 6.44. The monoisotopic (exact) mass is 306 g/mol. The molecule has 2 fully saturated rings. The number of aromatic nitrogens is 2. The number of carbonyl (C=O) groups is 1. The van der Waals surface area contributed by atoms with Crippen molar-refractivity contribution in [1.82, 2.24) is 15.1 Å². The topological polar surface area (TPSA) is 68.2 Å². The summed E-state index contributed by atoms with van der Waals surface area (Å²) in [5, 5.41) is 10.3. The molecule has 1 aromatic rings. The third kappa shape index (κ3) is 4.47. The minimum atomic E-state index is -0.113. The van der Waals surface area contributed by atoms with Crippen molar-refractivity contribution in [2.75, 3.05) is 18.5 Å². The molecule has 2 aliphatic rings. The van der Waals surface area contributed by atoms with Gasteiger partial charge in [0.05, 0.1) is 11.9 Å². The van der Waals surface area contributed by atoms with Gasteiger partial charge in [-0.2, -0.15) is 5.10 Å². The van der Waals surface area contributed by atoms with Gasteiger partial charge in [0.2, 0.25) is 0 Å². The molecular formula is C16H26N4O2. The summed E-state index contributed by atoms with van der Waals surface area (Å²) >= 11 is 0. The Morgan fingerprint density at radius 3 is 2.77 bits per heavy atom. The molecule has 0 bridgehead atoms. The van der Waals surface area contributed by atoms with Crippen molar-refractivity contribution in [3.05, 3.63) is 12.4 Å². The maximum absolute atomic E-state index is 12.0. The van der Waals surface area contributed by atoms with Crippen LogP contribution in [0.4, 0.5) is 10.5 Å². The van der Waals surface area contributed by atoms with Gasteiger partial charge in [-0.1, -0.05) is 19.3 Å². The summed E-state index contributed by atoms with van der Waals surface area (Å²) in [6.07, 6.45) is 11.7. The second kappa shape index (κ2) is 7.63. The molecule has 6 nitrogen and oxygen atoms in total. The minimum Gasteiger partial charge on any atom is -0.381 e. The molecule has 1 aliphatic heterocycles. The summed E-state index contributed by atoms with van der Waals surface area (Å²) in [4.78, 5) is 12.0. The molecule has 1 saturated heterocycles. The van der Waals surface area contributed by atoms with Crippen LogP contribution in [0.1, 0.15) is 44.9 Å². The predicted octanol–water partition coefficient (Wildman–Crippen LogP) is 2.76. The van der Waals surface area contributed by atoms with Crippen LogP contribution < -0.4 is 10.6 Å². The maximum Gasteiger partial charge on any atom is 0.319 e. The lowest BCUT2D eigenvalue weighted by Crippen LogP contribution is -2.38. The molecule has 2 amide bonds. The molecule has 0 atom stereocenters. The van der Waals surface area contributed by atoms with Gasteiger partial charge in [-0.25, -0.2) is 4.79 Å². The molecule has 122 valence electrons. The molecule has 6 heteroatoms. The molecule has 0 radical (unpaired) electrons. The minimum absolute atomic E-state index is 0.113. The first-order chi connectivity index (χ1) is 10.8. The maximum atomic E-state index is 12.0. The molecular weight excluding hydrogens is 280 g/mol. The summed E-state index contributed by atoms with van der Waals surface area (Å²) in [6.45, 7) is 2.59. The van der Waals surface area contributed by atoms with E-state index >= 15 is 0 Å².